The van der Waals surface area contributed by atoms with Gasteiger partial charge in [-0.25, -0.2) is 14.5 Å². The fraction of sp³-hybridized carbons (Fsp3) is 0.238. The second-order valence-electron chi connectivity index (χ2n) is 7.38. The van der Waals surface area contributed by atoms with E-state index in [-0.39, 0.29) is 11.9 Å². The van der Waals surface area contributed by atoms with E-state index < -0.39 is 0 Å². The molecular weight excluding hydrogens is 402 g/mol. The third-order valence-corrected chi connectivity index (χ3v) is 5.97. The molecule has 9 heteroatoms. The van der Waals surface area contributed by atoms with Gasteiger partial charge in [-0.1, -0.05) is 11.6 Å². The highest BCUT2D eigenvalue weighted by atomic mass is 35.5. The lowest BCUT2D eigenvalue weighted by atomic mass is 9.88. The van der Waals surface area contributed by atoms with Crippen LogP contribution < -0.4 is 5.73 Å². The molecule has 152 valence electrons. The van der Waals surface area contributed by atoms with E-state index in [0.717, 1.165) is 35.2 Å². The number of primary amides is 1. The summed E-state index contributed by atoms with van der Waals surface area (Å²) >= 11 is 6.13. The molecule has 30 heavy (non-hydrogen) atoms. The molecule has 3 aromatic heterocycles. The molecule has 2 amide bonds. The van der Waals surface area contributed by atoms with E-state index in [1.807, 2.05) is 42.7 Å². The zero-order valence-corrected chi connectivity index (χ0v) is 16.9. The van der Waals surface area contributed by atoms with Gasteiger partial charge in [-0.3, -0.25) is 9.55 Å². The number of benzene rings is 1. The Labute approximate surface area is 177 Å². The number of nitrogens with zero attached hydrogens (tertiary/aromatic N) is 6. The van der Waals surface area contributed by atoms with Crippen LogP contribution in [0.2, 0.25) is 5.02 Å². The van der Waals surface area contributed by atoms with Gasteiger partial charge in [0, 0.05) is 40.9 Å². The van der Waals surface area contributed by atoms with Crippen molar-refractivity contribution in [2.24, 2.45) is 5.73 Å². The summed E-state index contributed by atoms with van der Waals surface area (Å²) in [5.41, 5.74) is 8.61. The molecule has 8 nitrogen and oxygen atoms in total. The molecule has 0 radical (unpaired) electrons. The summed E-state index contributed by atoms with van der Waals surface area (Å²) in [5, 5.41) is 6.23. The molecule has 1 aromatic carbocycles. The van der Waals surface area contributed by atoms with Crippen LogP contribution in [-0.4, -0.2) is 48.3 Å². The molecule has 0 aliphatic carbocycles. The maximum absolute atomic E-state index is 11.6. The first kappa shape index (κ1) is 18.6. The number of pyridine rings is 1. The number of aromatic nitrogens is 5. The summed E-state index contributed by atoms with van der Waals surface area (Å²) in [6.45, 7) is 1.27. The van der Waals surface area contributed by atoms with Crippen LogP contribution in [0.15, 0.2) is 55.4 Å². The molecule has 0 saturated carbocycles. The highest BCUT2D eigenvalue weighted by Crippen LogP contribution is 2.40. The number of fused-ring (bicyclic) bond motifs is 1. The Balaban J connectivity index is 1.73. The van der Waals surface area contributed by atoms with E-state index in [1.165, 1.54) is 11.9 Å². The summed E-state index contributed by atoms with van der Waals surface area (Å²) in [4.78, 5) is 21.8. The number of halogens is 1. The molecule has 0 atom stereocenters. The first-order valence-corrected chi connectivity index (χ1v) is 10.1. The molecule has 1 aliphatic rings. The van der Waals surface area contributed by atoms with E-state index in [4.69, 9.17) is 17.3 Å². The molecule has 1 aliphatic heterocycles. The molecule has 0 bridgehead atoms. The van der Waals surface area contributed by atoms with E-state index in [2.05, 4.69) is 19.6 Å². The fourth-order valence-corrected chi connectivity index (χ4v) is 4.46. The minimum Gasteiger partial charge on any atom is -0.351 e. The second-order valence-corrected chi connectivity index (χ2v) is 7.82. The smallest absolute Gasteiger partial charge is 0.314 e. The number of nitrogens with two attached hydrogens (primary N) is 1. The number of carbonyl (C=O) groups excluding carboxylic acids is 1. The van der Waals surface area contributed by atoms with Crippen molar-refractivity contribution in [3.05, 3.63) is 66.0 Å². The van der Waals surface area contributed by atoms with Crippen molar-refractivity contribution in [1.82, 2.24) is 29.2 Å². The number of hydrogen-bond acceptors (Lipinski definition) is 4. The van der Waals surface area contributed by atoms with Crippen LogP contribution in [0.25, 0.3) is 22.4 Å². The fourth-order valence-electron chi connectivity index (χ4n) is 4.33. The number of urea groups is 1. The number of likely N-dealkylation sites (tertiary alicyclic amines) is 1. The number of rotatable bonds is 3. The summed E-state index contributed by atoms with van der Waals surface area (Å²) in [6, 6.07) is 9.38. The summed E-state index contributed by atoms with van der Waals surface area (Å²) < 4.78 is 3.94. The summed E-state index contributed by atoms with van der Waals surface area (Å²) in [6.07, 6.45) is 8.56. The molecule has 4 aromatic rings. The average molecular weight is 422 g/mol. The monoisotopic (exact) mass is 421 g/mol. The molecule has 0 unspecified atom stereocenters. The lowest BCUT2D eigenvalue weighted by Crippen LogP contribution is -2.41. The van der Waals surface area contributed by atoms with Gasteiger partial charge in [0.15, 0.2) is 0 Å². The van der Waals surface area contributed by atoms with E-state index >= 15 is 0 Å². The molecule has 1 fully saturated rings. The van der Waals surface area contributed by atoms with E-state index in [1.54, 1.807) is 15.9 Å². The third-order valence-electron chi connectivity index (χ3n) is 5.72. The average Bonchev–Trinajstić information content (AvgIpc) is 3.40. The van der Waals surface area contributed by atoms with Gasteiger partial charge >= 0.3 is 6.03 Å². The van der Waals surface area contributed by atoms with Crippen LogP contribution in [0.1, 0.15) is 24.3 Å². The lowest BCUT2D eigenvalue weighted by molar-refractivity contribution is 0.191. The number of piperidine rings is 1. The van der Waals surface area contributed by atoms with Gasteiger partial charge in [-0.05, 0) is 49.1 Å². The third kappa shape index (κ3) is 3.09. The molecular formula is C21H20ClN7O. The van der Waals surface area contributed by atoms with Crippen LogP contribution in [0.5, 0.6) is 0 Å². The van der Waals surface area contributed by atoms with Gasteiger partial charge in [0.1, 0.15) is 18.5 Å². The number of amides is 2. The van der Waals surface area contributed by atoms with Gasteiger partial charge in [0.2, 0.25) is 0 Å². The van der Waals surface area contributed by atoms with Gasteiger partial charge < -0.3 is 10.6 Å². The van der Waals surface area contributed by atoms with Crippen molar-refractivity contribution < 1.29 is 4.79 Å². The summed E-state index contributed by atoms with van der Waals surface area (Å²) in [5.74, 6) is 1.17. The van der Waals surface area contributed by atoms with Crippen molar-refractivity contribution in [2.45, 2.75) is 18.8 Å². The van der Waals surface area contributed by atoms with Crippen LogP contribution in [-0.2, 0) is 0 Å². The Kier molecular flexibility index (Phi) is 4.63. The summed E-state index contributed by atoms with van der Waals surface area (Å²) in [7, 11) is 0. The normalized spacial score (nSPS) is 15.0. The Bertz CT molecular complexity index is 1190. The quantitative estimate of drug-likeness (QED) is 0.547. The Morgan fingerprint density at radius 3 is 2.53 bits per heavy atom. The van der Waals surface area contributed by atoms with Crippen molar-refractivity contribution in [3.63, 3.8) is 0 Å². The van der Waals surface area contributed by atoms with Crippen LogP contribution in [0.4, 0.5) is 4.79 Å². The molecule has 0 spiro atoms. The number of hydrogen-bond donors (Lipinski definition) is 1. The Morgan fingerprint density at radius 1 is 1.10 bits per heavy atom. The maximum atomic E-state index is 11.6. The Morgan fingerprint density at radius 2 is 1.87 bits per heavy atom. The van der Waals surface area contributed by atoms with Gasteiger partial charge in [0.05, 0.1) is 11.7 Å². The topological polar surface area (TPSA) is 94.9 Å². The highest BCUT2D eigenvalue weighted by Gasteiger charge is 2.30. The second kappa shape index (κ2) is 7.46. The standard InChI is InChI=1S/C21H20ClN7O/c22-15-1-3-16(4-2-15)29-18-11-24-8-5-17(18)19(20(29)28-13-25-12-26-28)14-6-9-27(10-7-14)21(23)30/h1-5,8,11-14H,6-7,9-10H2,(H2,23,30). The predicted octanol–water partition coefficient (Wildman–Crippen LogP) is 3.52. The SMILES string of the molecule is NC(=O)N1CCC(c2c(-n3cncn3)n(-c3ccc(Cl)cc3)c3cnccc23)CC1. The molecule has 5 rings (SSSR count). The maximum Gasteiger partial charge on any atom is 0.314 e. The molecule has 1 saturated heterocycles. The van der Waals surface area contributed by atoms with Crippen LogP contribution >= 0.6 is 11.6 Å². The van der Waals surface area contributed by atoms with Crippen molar-refractivity contribution in [3.8, 4) is 11.5 Å². The van der Waals surface area contributed by atoms with Gasteiger partial charge in [-0.2, -0.15) is 5.10 Å². The minimum absolute atomic E-state index is 0.248. The van der Waals surface area contributed by atoms with Crippen molar-refractivity contribution in [1.29, 1.82) is 0 Å². The van der Waals surface area contributed by atoms with E-state index in [0.29, 0.717) is 18.1 Å². The zero-order chi connectivity index (χ0) is 20.7. The first-order valence-electron chi connectivity index (χ1n) is 9.77. The Hall–Kier alpha value is -3.39. The first-order chi connectivity index (χ1) is 14.6. The molecule has 2 N–H and O–H groups in total. The van der Waals surface area contributed by atoms with E-state index in [9.17, 15) is 4.79 Å². The predicted molar refractivity (Wildman–Crippen MR) is 114 cm³/mol. The van der Waals surface area contributed by atoms with Crippen LogP contribution in [0, 0.1) is 0 Å². The highest BCUT2D eigenvalue weighted by molar-refractivity contribution is 6.30. The van der Waals surface area contributed by atoms with Crippen LogP contribution in [0.3, 0.4) is 0 Å². The van der Waals surface area contributed by atoms with Gasteiger partial charge in [-0.15, -0.1) is 0 Å². The van der Waals surface area contributed by atoms with Gasteiger partial charge in [0.25, 0.3) is 0 Å². The largest absolute Gasteiger partial charge is 0.351 e. The zero-order valence-electron chi connectivity index (χ0n) is 16.1. The lowest BCUT2D eigenvalue weighted by Gasteiger charge is -2.31. The minimum atomic E-state index is -0.363. The molecule has 4 heterocycles. The number of carbonyl (C=O) groups is 1. The van der Waals surface area contributed by atoms with Crippen molar-refractivity contribution in [2.75, 3.05) is 13.1 Å². The van der Waals surface area contributed by atoms with Crippen molar-refractivity contribution >= 4 is 28.5 Å².